The molecule has 2 aromatic rings. The first-order chi connectivity index (χ1) is 14.2. The van der Waals surface area contributed by atoms with Gasteiger partial charge in [-0.3, -0.25) is 5.01 Å². The van der Waals surface area contributed by atoms with E-state index in [2.05, 4.69) is 119 Å². The maximum atomic E-state index is 3.86. The number of rotatable bonds is 7. The van der Waals surface area contributed by atoms with E-state index in [1.807, 2.05) is 0 Å². The van der Waals surface area contributed by atoms with Crippen LogP contribution in [0.15, 0.2) is 48.5 Å². The van der Waals surface area contributed by atoms with Crippen LogP contribution in [0.25, 0.3) is 0 Å². The van der Waals surface area contributed by atoms with Crippen molar-refractivity contribution in [1.82, 2.24) is 10.5 Å². The summed E-state index contributed by atoms with van der Waals surface area (Å²) in [5.74, 6) is 1.55. The Hall–Kier alpha value is -1.84. The number of para-hydroxylation sites is 1. The van der Waals surface area contributed by atoms with E-state index in [4.69, 9.17) is 0 Å². The van der Waals surface area contributed by atoms with E-state index in [1.165, 1.54) is 22.4 Å². The Labute approximate surface area is 184 Å². The number of hydrazine groups is 2. The van der Waals surface area contributed by atoms with E-state index in [-0.39, 0.29) is 5.54 Å². The molecule has 2 aromatic carbocycles. The monoisotopic (exact) mass is 407 g/mol. The number of hydrogen-bond acceptors (Lipinski definition) is 3. The van der Waals surface area contributed by atoms with Crippen LogP contribution in [0.4, 0.5) is 5.69 Å². The summed E-state index contributed by atoms with van der Waals surface area (Å²) in [6.07, 6.45) is 1.11. The van der Waals surface area contributed by atoms with E-state index < -0.39 is 0 Å². The van der Waals surface area contributed by atoms with E-state index in [0.717, 1.165) is 13.0 Å². The van der Waals surface area contributed by atoms with Crippen molar-refractivity contribution in [2.24, 2.45) is 5.92 Å². The fourth-order valence-electron chi connectivity index (χ4n) is 5.10. The lowest BCUT2D eigenvalue weighted by molar-refractivity contribution is 0.0422. The standard InChI is InChI=1S/C27H41N3/c1-19(2)17-27(23-13-10-9-11-14-23)18-29(28-30(27)22(7)8)26-24(20(3)4)15-12-16-25(26)21(5)6/h9-16,19-22,28H,17-18H2,1-8H3. The number of nitrogens with zero attached hydrogens (tertiary/aromatic N) is 2. The molecule has 1 aliphatic heterocycles. The molecular formula is C27H41N3. The van der Waals surface area contributed by atoms with Gasteiger partial charge in [-0.1, -0.05) is 90.1 Å². The first-order valence-electron chi connectivity index (χ1n) is 11.7. The predicted octanol–water partition coefficient (Wildman–Crippen LogP) is 6.83. The van der Waals surface area contributed by atoms with Crippen LogP contribution >= 0.6 is 0 Å². The van der Waals surface area contributed by atoms with Crippen molar-refractivity contribution in [1.29, 1.82) is 0 Å². The smallest absolute Gasteiger partial charge is 0.0815 e. The van der Waals surface area contributed by atoms with Crippen LogP contribution < -0.4 is 10.5 Å². The van der Waals surface area contributed by atoms with Gasteiger partial charge in [0.25, 0.3) is 0 Å². The third kappa shape index (κ3) is 4.29. The number of hydrogen-bond donors (Lipinski definition) is 1. The first-order valence-corrected chi connectivity index (χ1v) is 11.7. The van der Waals surface area contributed by atoms with Gasteiger partial charge in [0.1, 0.15) is 0 Å². The molecule has 1 aliphatic rings. The van der Waals surface area contributed by atoms with Crippen molar-refractivity contribution >= 4 is 5.69 Å². The molecule has 164 valence electrons. The highest BCUT2D eigenvalue weighted by Gasteiger charge is 2.48. The SMILES string of the molecule is CC(C)CC1(c2ccccc2)CN(c2c(C(C)C)cccc2C(C)C)NN1C(C)C. The molecule has 3 nitrogen and oxygen atoms in total. The van der Waals surface area contributed by atoms with E-state index >= 15 is 0 Å². The Morgan fingerprint density at radius 3 is 1.83 bits per heavy atom. The molecule has 1 unspecified atom stereocenters. The molecule has 0 amide bonds. The van der Waals surface area contributed by atoms with Crippen LogP contribution in [-0.2, 0) is 5.54 Å². The zero-order valence-electron chi connectivity index (χ0n) is 20.2. The summed E-state index contributed by atoms with van der Waals surface area (Å²) < 4.78 is 0. The minimum Gasteiger partial charge on any atom is -0.292 e. The summed E-state index contributed by atoms with van der Waals surface area (Å²) in [6, 6.07) is 18.3. The molecule has 0 bridgehead atoms. The summed E-state index contributed by atoms with van der Waals surface area (Å²) in [6.45, 7) is 19.4. The zero-order chi connectivity index (χ0) is 22.1. The maximum absolute atomic E-state index is 3.86. The van der Waals surface area contributed by atoms with E-state index in [9.17, 15) is 0 Å². The molecule has 1 saturated heterocycles. The van der Waals surface area contributed by atoms with Crippen molar-refractivity contribution in [3.63, 3.8) is 0 Å². The Morgan fingerprint density at radius 1 is 0.800 bits per heavy atom. The first kappa shape index (κ1) is 22.8. The van der Waals surface area contributed by atoms with Gasteiger partial charge in [0.05, 0.1) is 17.8 Å². The molecule has 30 heavy (non-hydrogen) atoms. The number of anilines is 1. The third-order valence-electron chi connectivity index (χ3n) is 6.30. The van der Waals surface area contributed by atoms with Crippen LogP contribution in [0.3, 0.4) is 0 Å². The summed E-state index contributed by atoms with van der Waals surface area (Å²) >= 11 is 0. The lowest BCUT2D eigenvalue weighted by atomic mass is 9.81. The van der Waals surface area contributed by atoms with Gasteiger partial charge < -0.3 is 0 Å². The lowest BCUT2D eigenvalue weighted by Gasteiger charge is -2.40. The van der Waals surface area contributed by atoms with Crippen molar-refractivity contribution in [2.75, 3.05) is 11.6 Å². The second-order valence-electron chi connectivity index (χ2n) is 10.2. The van der Waals surface area contributed by atoms with E-state index in [0.29, 0.717) is 23.8 Å². The predicted molar refractivity (Wildman–Crippen MR) is 130 cm³/mol. The minimum atomic E-state index is -0.0675. The number of nitrogens with one attached hydrogen (secondary N) is 1. The molecule has 3 heteroatoms. The lowest BCUT2D eigenvalue weighted by Crippen LogP contribution is -2.52. The van der Waals surface area contributed by atoms with Gasteiger partial charge in [0, 0.05) is 6.04 Å². The fourth-order valence-corrected chi connectivity index (χ4v) is 5.10. The highest BCUT2D eigenvalue weighted by molar-refractivity contribution is 5.62. The average molecular weight is 408 g/mol. The highest BCUT2D eigenvalue weighted by Crippen LogP contribution is 2.44. The van der Waals surface area contributed by atoms with Crippen molar-refractivity contribution < 1.29 is 0 Å². The Bertz CT molecular complexity index is 799. The summed E-state index contributed by atoms with van der Waals surface area (Å²) in [5.41, 5.74) is 9.40. The maximum Gasteiger partial charge on any atom is 0.0815 e. The quantitative estimate of drug-likeness (QED) is 0.543. The van der Waals surface area contributed by atoms with Gasteiger partial charge in [-0.25, -0.2) is 5.01 Å². The van der Waals surface area contributed by atoms with Crippen LogP contribution in [-0.4, -0.2) is 17.6 Å². The topological polar surface area (TPSA) is 18.5 Å². The average Bonchev–Trinajstić information content (AvgIpc) is 3.07. The summed E-state index contributed by atoms with van der Waals surface area (Å²) in [7, 11) is 0. The van der Waals surface area contributed by atoms with Crippen LogP contribution in [0.1, 0.15) is 90.3 Å². The fraction of sp³-hybridized carbons (Fsp3) is 0.556. The van der Waals surface area contributed by atoms with Gasteiger partial charge in [0.2, 0.25) is 0 Å². The normalized spacial score (nSPS) is 20.3. The molecule has 3 rings (SSSR count). The van der Waals surface area contributed by atoms with Gasteiger partial charge in [0.15, 0.2) is 0 Å². The van der Waals surface area contributed by atoms with Crippen LogP contribution in [0, 0.1) is 5.92 Å². The largest absolute Gasteiger partial charge is 0.292 e. The van der Waals surface area contributed by atoms with Crippen LogP contribution in [0.2, 0.25) is 0 Å². The molecular weight excluding hydrogens is 366 g/mol. The minimum absolute atomic E-state index is 0.0675. The summed E-state index contributed by atoms with van der Waals surface area (Å²) in [5, 5.41) is 4.95. The van der Waals surface area contributed by atoms with Gasteiger partial charge >= 0.3 is 0 Å². The number of benzene rings is 2. The Morgan fingerprint density at radius 2 is 1.37 bits per heavy atom. The molecule has 0 saturated carbocycles. The van der Waals surface area contributed by atoms with Gasteiger partial charge in [-0.05, 0) is 54.7 Å². The molecule has 1 fully saturated rings. The third-order valence-corrected chi connectivity index (χ3v) is 6.30. The van der Waals surface area contributed by atoms with Crippen molar-refractivity contribution in [2.45, 2.75) is 85.2 Å². The highest BCUT2D eigenvalue weighted by atomic mass is 15.8. The molecule has 1 heterocycles. The van der Waals surface area contributed by atoms with Gasteiger partial charge in [-0.2, -0.15) is 5.53 Å². The second kappa shape index (κ2) is 9.11. The molecule has 0 aromatic heterocycles. The Balaban J connectivity index is 2.17. The van der Waals surface area contributed by atoms with Crippen molar-refractivity contribution in [3.05, 3.63) is 65.2 Å². The molecule has 1 N–H and O–H groups in total. The second-order valence-corrected chi connectivity index (χ2v) is 10.2. The molecule has 0 spiro atoms. The molecule has 0 radical (unpaired) electrons. The van der Waals surface area contributed by atoms with Crippen molar-refractivity contribution in [3.8, 4) is 0 Å². The molecule has 1 atom stereocenters. The van der Waals surface area contributed by atoms with Crippen LogP contribution in [0.5, 0.6) is 0 Å². The van der Waals surface area contributed by atoms with E-state index in [1.54, 1.807) is 0 Å². The molecule has 0 aliphatic carbocycles. The Kier molecular flexibility index (Phi) is 6.94. The zero-order valence-corrected chi connectivity index (χ0v) is 20.2. The summed E-state index contributed by atoms with van der Waals surface area (Å²) in [4.78, 5) is 0. The van der Waals surface area contributed by atoms with Gasteiger partial charge in [-0.15, -0.1) is 0 Å².